The van der Waals surface area contributed by atoms with Crippen molar-refractivity contribution < 1.29 is 14.0 Å². The Bertz CT molecular complexity index is 746. The highest BCUT2D eigenvalue weighted by atomic mass is 19.1. The summed E-state index contributed by atoms with van der Waals surface area (Å²) >= 11 is 0. The Hall–Kier alpha value is -2.76. The fourth-order valence-corrected chi connectivity index (χ4v) is 2.59. The molecule has 0 bridgehead atoms. The number of amides is 2. The number of aromatic nitrogens is 1. The number of carbonyl (C=O) groups is 2. The molecule has 0 aliphatic carbocycles. The van der Waals surface area contributed by atoms with Crippen molar-refractivity contribution in [2.45, 2.75) is 19.4 Å². The normalized spacial score (nSPS) is 17.4. The van der Waals surface area contributed by atoms with Crippen molar-refractivity contribution in [1.29, 1.82) is 0 Å². The molecule has 23 heavy (non-hydrogen) atoms. The molecule has 1 saturated heterocycles. The minimum atomic E-state index is -0.703. The molecule has 1 aliphatic rings. The number of aryl methyl sites for hydroxylation is 1. The first-order valence-electron chi connectivity index (χ1n) is 7.34. The standard InChI is InChI=1S/C17H16FN3O2/c1-11-2-4-12(5-3-11)21-9-7-15(17(21)23)20-16(22)13-6-8-19-10-14(13)18/h2-6,8,10,15H,7,9H2,1H3,(H,20,22)/t15-/m1/s1. The second-order valence-corrected chi connectivity index (χ2v) is 5.50. The molecule has 2 aromatic rings. The van der Waals surface area contributed by atoms with Crippen molar-refractivity contribution in [3.05, 3.63) is 59.7 Å². The largest absolute Gasteiger partial charge is 0.340 e. The summed E-state index contributed by atoms with van der Waals surface area (Å²) in [5.41, 5.74) is 1.80. The van der Waals surface area contributed by atoms with Gasteiger partial charge in [0.25, 0.3) is 5.91 Å². The van der Waals surface area contributed by atoms with Gasteiger partial charge in [0.15, 0.2) is 5.82 Å². The molecule has 1 aromatic carbocycles. The third-order valence-electron chi connectivity index (χ3n) is 3.87. The van der Waals surface area contributed by atoms with Crippen molar-refractivity contribution in [3.63, 3.8) is 0 Å². The van der Waals surface area contributed by atoms with Gasteiger partial charge in [0.05, 0.1) is 11.8 Å². The van der Waals surface area contributed by atoms with E-state index in [1.807, 2.05) is 31.2 Å². The van der Waals surface area contributed by atoms with Crippen molar-refractivity contribution in [2.75, 3.05) is 11.4 Å². The maximum Gasteiger partial charge on any atom is 0.255 e. The highest BCUT2D eigenvalue weighted by molar-refractivity contribution is 6.03. The number of benzene rings is 1. The van der Waals surface area contributed by atoms with E-state index in [-0.39, 0.29) is 11.5 Å². The molecule has 2 heterocycles. The number of carbonyl (C=O) groups excluding carboxylic acids is 2. The molecule has 3 rings (SSSR count). The molecular formula is C17H16FN3O2. The molecule has 118 valence electrons. The minimum Gasteiger partial charge on any atom is -0.340 e. The van der Waals surface area contributed by atoms with Gasteiger partial charge < -0.3 is 10.2 Å². The smallest absolute Gasteiger partial charge is 0.255 e. The molecule has 0 radical (unpaired) electrons. The van der Waals surface area contributed by atoms with E-state index in [0.29, 0.717) is 13.0 Å². The van der Waals surface area contributed by atoms with Crippen LogP contribution in [0.15, 0.2) is 42.7 Å². The van der Waals surface area contributed by atoms with Gasteiger partial charge in [-0.2, -0.15) is 0 Å². The monoisotopic (exact) mass is 313 g/mol. The van der Waals surface area contributed by atoms with Crippen molar-refractivity contribution in [3.8, 4) is 0 Å². The zero-order valence-electron chi connectivity index (χ0n) is 12.6. The van der Waals surface area contributed by atoms with Crippen LogP contribution in [0, 0.1) is 12.7 Å². The van der Waals surface area contributed by atoms with Gasteiger partial charge >= 0.3 is 0 Å². The average Bonchev–Trinajstić information content (AvgIpc) is 2.89. The van der Waals surface area contributed by atoms with Gasteiger partial charge in [-0.3, -0.25) is 14.6 Å². The predicted molar refractivity (Wildman–Crippen MR) is 83.6 cm³/mol. The van der Waals surface area contributed by atoms with Gasteiger partial charge in [-0.25, -0.2) is 4.39 Å². The van der Waals surface area contributed by atoms with Gasteiger partial charge in [-0.15, -0.1) is 0 Å². The lowest BCUT2D eigenvalue weighted by Gasteiger charge is -2.17. The van der Waals surface area contributed by atoms with Crippen LogP contribution in [-0.4, -0.2) is 29.4 Å². The summed E-state index contributed by atoms with van der Waals surface area (Å²) in [5.74, 6) is -1.49. The molecular weight excluding hydrogens is 297 g/mol. The number of halogens is 1. The van der Waals surface area contributed by atoms with E-state index in [4.69, 9.17) is 0 Å². The first-order chi connectivity index (χ1) is 11.1. The van der Waals surface area contributed by atoms with Gasteiger partial charge in [0, 0.05) is 18.4 Å². The van der Waals surface area contributed by atoms with E-state index in [2.05, 4.69) is 10.3 Å². The maximum atomic E-state index is 13.6. The van der Waals surface area contributed by atoms with Crippen LogP contribution in [0.4, 0.5) is 10.1 Å². The van der Waals surface area contributed by atoms with Crippen LogP contribution in [-0.2, 0) is 4.79 Å². The molecule has 0 spiro atoms. The molecule has 1 aromatic heterocycles. The fourth-order valence-electron chi connectivity index (χ4n) is 2.59. The molecule has 5 nitrogen and oxygen atoms in total. The second-order valence-electron chi connectivity index (χ2n) is 5.50. The summed E-state index contributed by atoms with van der Waals surface area (Å²) in [4.78, 5) is 29.8. The van der Waals surface area contributed by atoms with E-state index in [1.54, 1.807) is 4.90 Å². The Morgan fingerprint density at radius 3 is 2.74 bits per heavy atom. The third kappa shape index (κ3) is 3.06. The first-order valence-corrected chi connectivity index (χ1v) is 7.34. The zero-order valence-corrected chi connectivity index (χ0v) is 12.6. The van der Waals surface area contributed by atoms with Gasteiger partial charge in [0.2, 0.25) is 5.91 Å². The summed E-state index contributed by atoms with van der Waals surface area (Å²) in [6, 6.07) is 8.26. The molecule has 6 heteroatoms. The van der Waals surface area contributed by atoms with Gasteiger partial charge in [0.1, 0.15) is 6.04 Å². The van der Waals surface area contributed by atoms with Crippen LogP contribution < -0.4 is 10.2 Å². The molecule has 0 saturated carbocycles. The highest BCUT2D eigenvalue weighted by Crippen LogP contribution is 2.22. The Balaban J connectivity index is 1.71. The van der Waals surface area contributed by atoms with Gasteiger partial charge in [-0.1, -0.05) is 17.7 Å². The number of rotatable bonds is 3. The van der Waals surface area contributed by atoms with E-state index < -0.39 is 17.8 Å². The third-order valence-corrected chi connectivity index (χ3v) is 3.87. The lowest BCUT2D eigenvalue weighted by Crippen LogP contribution is -2.41. The lowest BCUT2D eigenvalue weighted by atomic mass is 10.2. The first kappa shape index (κ1) is 15.1. The Morgan fingerprint density at radius 2 is 2.04 bits per heavy atom. The minimum absolute atomic E-state index is 0.110. The quantitative estimate of drug-likeness (QED) is 0.943. The van der Waals surface area contributed by atoms with Crippen molar-refractivity contribution >= 4 is 17.5 Å². The lowest BCUT2D eigenvalue weighted by molar-refractivity contribution is -0.118. The maximum absolute atomic E-state index is 13.6. The fraction of sp³-hybridized carbons (Fsp3) is 0.235. The van der Waals surface area contributed by atoms with Crippen LogP contribution in [0.25, 0.3) is 0 Å². The van der Waals surface area contributed by atoms with E-state index in [1.165, 1.54) is 12.3 Å². The number of nitrogens with zero attached hydrogens (tertiary/aromatic N) is 2. The molecule has 1 atom stereocenters. The summed E-state index contributed by atoms with van der Waals surface area (Å²) in [5, 5.41) is 2.60. The van der Waals surface area contributed by atoms with Crippen LogP contribution in [0.3, 0.4) is 0 Å². The second kappa shape index (κ2) is 6.16. The number of pyridine rings is 1. The van der Waals surface area contributed by atoms with E-state index >= 15 is 0 Å². The van der Waals surface area contributed by atoms with Crippen LogP contribution in [0.1, 0.15) is 22.3 Å². The van der Waals surface area contributed by atoms with Crippen LogP contribution in [0.5, 0.6) is 0 Å². The predicted octanol–water partition coefficient (Wildman–Crippen LogP) is 2.06. The SMILES string of the molecule is Cc1ccc(N2CC[C@@H](NC(=O)c3ccncc3F)C2=O)cc1. The van der Waals surface area contributed by atoms with Crippen molar-refractivity contribution in [1.82, 2.24) is 10.3 Å². The summed E-state index contributed by atoms with van der Waals surface area (Å²) in [7, 11) is 0. The number of hydrogen-bond acceptors (Lipinski definition) is 3. The molecule has 1 aliphatic heterocycles. The van der Waals surface area contributed by atoms with E-state index in [0.717, 1.165) is 17.4 Å². The number of hydrogen-bond donors (Lipinski definition) is 1. The summed E-state index contributed by atoms with van der Waals surface area (Å²) < 4.78 is 13.6. The molecule has 0 unspecified atom stereocenters. The topological polar surface area (TPSA) is 62.3 Å². The summed E-state index contributed by atoms with van der Waals surface area (Å²) in [6.45, 7) is 2.49. The number of anilines is 1. The van der Waals surface area contributed by atoms with Gasteiger partial charge in [-0.05, 0) is 31.5 Å². The zero-order chi connectivity index (χ0) is 16.4. The van der Waals surface area contributed by atoms with Crippen LogP contribution >= 0.6 is 0 Å². The molecule has 2 amide bonds. The van der Waals surface area contributed by atoms with Crippen molar-refractivity contribution in [2.24, 2.45) is 0 Å². The van der Waals surface area contributed by atoms with E-state index in [9.17, 15) is 14.0 Å². The molecule has 1 fully saturated rings. The number of nitrogens with one attached hydrogen (secondary N) is 1. The highest BCUT2D eigenvalue weighted by Gasteiger charge is 2.34. The Labute approximate surface area is 133 Å². The van der Waals surface area contributed by atoms with Crippen LogP contribution in [0.2, 0.25) is 0 Å². The summed E-state index contributed by atoms with van der Waals surface area (Å²) in [6.07, 6.45) is 2.81. The Kier molecular flexibility index (Phi) is 4.06. The Morgan fingerprint density at radius 1 is 1.30 bits per heavy atom. The average molecular weight is 313 g/mol. The molecule has 1 N–H and O–H groups in total.